The molecule has 3 aromatic rings. The van der Waals surface area contributed by atoms with Crippen molar-refractivity contribution in [3.05, 3.63) is 65.2 Å². The quantitative estimate of drug-likeness (QED) is 0.775. The first-order valence-electron chi connectivity index (χ1n) is 6.53. The third-order valence-corrected chi connectivity index (χ3v) is 3.87. The largest absolute Gasteiger partial charge is 0.381 e. The van der Waals surface area contributed by atoms with Crippen molar-refractivity contribution in [2.45, 2.75) is 18.7 Å². The van der Waals surface area contributed by atoms with E-state index in [1.807, 2.05) is 0 Å². The normalized spacial score (nSPS) is 14.0. The van der Waals surface area contributed by atoms with Crippen LogP contribution in [0.5, 0.6) is 0 Å². The first-order chi connectivity index (χ1) is 10.6. The van der Waals surface area contributed by atoms with Crippen LogP contribution in [0.2, 0.25) is 10.0 Å². The maximum Gasteiger partial charge on any atom is 0.137 e. The molecule has 3 rings (SSSR count). The molecule has 22 heavy (non-hydrogen) atoms. The van der Waals surface area contributed by atoms with Crippen LogP contribution in [0.3, 0.4) is 0 Å². The number of aromatic nitrogens is 5. The Kier molecular flexibility index (Phi) is 4.15. The Morgan fingerprint density at radius 2 is 2.00 bits per heavy atom. The first kappa shape index (κ1) is 15.0. The molecule has 1 unspecified atom stereocenters. The van der Waals surface area contributed by atoms with Crippen LogP contribution in [-0.4, -0.2) is 29.4 Å². The highest BCUT2D eigenvalue weighted by molar-refractivity contribution is 6.35. The van der Waals surface area contributed by atoms with Gasteiger partial charge in [-0.1, -0.05) is 29.3 Å². The van der Waals surface area contributed by atoms with E-state index in [-0.39, 0.29) is 13.1 Å². The Morgan fingerprint density at radius 3 is 2.64 bits per heavy atom. The number of aliphatic hydroxyl groups is 1. The number of hydrogen-bond donors (Lipinski definition) is 1. The first-order valence-corrected chi connectivity index (χ1v) is 7.28. The molecule has 0 bridgehead atoms. The summed E-state index contributed by atoms with van der Waals surface area (Å²) in [6.07, 6.45) is 8.02. The van der Waals surface area contributed by atoms with Crippen LogP contribution >= 0.6 is 23.2 Å². The highest BCUT2D eigenvalue weighted by atomic mass is 35.5. The molecule has 0 fully saturated rings. The van der Waals surface area contributed by atoms with Crippen molar-refractivity contribution in [1.82, 2.24) is 24.3 Å². The molecule has 2 heterocycles. The predicted octanol–water partition coefficient (Wildman–Crippen LogP) is 2.37. The van der Waals surface area contributed by atoms with Gasteiger partial charge in [0.1, 0.15) is 18.3 Å². The lowest BCUT2D eigenvalue weighted by molar-refractivity contribution is -0.00216. The standard InChI is InChI=1S/C14H13Cl2N5O/c15-11-1-2-12(13(16)5-11)14(22,6-20-4-3-17-9-20)7-21-10-18-8-19-21/h1-5,8-10,22H,6-7H2. The topological polar surface area (TPSA) is 68.8 Å². The van der Waals surface area contributed by atoms with Gasteiger partial charge in [0.25, 0.3) is 0 Å². The fourth-order valence-electron chi connectivity index (χ4n) is 2.35. The number of rotatable bonds is 5. The van der Waals surface area contributed by atoms with Gasteiger partial charge < -0.3 is 9.67 Å². The lowest BCUT2D eigenvalue weighted by Crippen LogP contribution is -2.36. The second-order valence-corrected chi connectivity index (χ2v) is 5.83. The minimum absolute atomic E-state index is 0.201. The lowest BCUT2D eigenvalue weighted by atomic mass is 9.93. The lowest BCUT2D eigenvalue weighted by Gasteiger charge is -2.29. The minimum atomic E-state index is -1.28. The fraction of sp³-hybridized carbons (Fsp3) is 0.214. The molecule has 0 amide bonds. The molecule has 0 aliphatic heterocycles. The van der Waals surface area contributed by atoms with E-state index in [0.717, 1.165) is 0 Å². The van der Waals surface area contributed by atoms with E-state index in [9.17, 15) is 5.11 Å². The molecule has 0 saturated heterocycles. The van der Waals surface area contributed by atoms with Gasteiger partial charge in [0.2, 0.25) is 0 Å². The SMILES string of the molecule is OC(Cn1ccnc1)(Cn1cncn1)c1ccc(Cl)cc1Cl. The van der Waals surface area contributed by atoms with Crippen molar-refractivity contribution >= 4 is 23.2 Å². The number of halogens is 2. The molecule has 2 aromatic heterocycles. The van der Waals surface area contributed by atoms with Gasteiger partial charge in [-0.3, -0.25) is 0 Å². The van der Waals surface area contributed by atoms with Gasteiger partial charge in [-0.2, -0.15) is 5.10 Å². The third kappa shape index (κ3) is 3.14. The Hall–Kier alpha value is -1.89. The van der Waals surface area contributed by atoms with Gasteiger partial charge in [0.05, 0.1) is 19.4 Å². The van der Waals surface area contributed by atoms with E-state index >= 15 is 0 Å². The summed E-state index contributed by atoms with van der Waals surface area (Å²) in [5.41, 5.74) is -0.710. The zero-order valence-corrected chi connectivity index (χ0v) is 13.0. The van der Waals surface area contributed by atoms with Crippen molar-refractivity contribution < 1.29 is 5.11 Å². The van der Waals surface area contributed by atoms with Crippen LogP contribution < -0.4 is 0 Å². The van der Waals surface area contributed by atoms with Crippen LogP contribution in [0.1, 0.15) is 5.56 Å². The molecular weight excluding hydrogens is 325 g/mol. The summed E-state index contributed by atoms with van der Waals surface area (Å²) in [5, 5.41) is 16.2. The smallest absolute Gasteiger partial charge is 0.137 e. The van der Waals surface area contributed by atoms with Crippen LogP contribution in [0.25, 0.3) is 0 Å². The summed E-state index contributed by atoms with van der Waals surface area (Å²) in [5.74, 6) is 0. The summed E-state index contributed by atoms with van der Waals surface area (Å²) in [4.78, 5) is 7.90. The van der Waals surface area contributed by atoms with E-state index in [1.54, 1.807) is 52.5 Å². The second-order valence-electron chi connectivity index (χ2n) is 4.98. The summed E-state index contributed by atoms with van der Waals surface area (Å²) in [6.45, 7) is 0.473. The van der Waals surface area contributed by atoms with Gasteiger partial charge in [0, 0.05) is 28.0 Å². The van der Waals surface area contributed by atoms with Crippen LogP contribution in [0.15, 0.2) is 49.6 Å². The van der Waals surface area contributed by atoms with Crippen LogP contribution in [0.4, 0.5) is 0 Å². The van der Waals surface area contributed by atoms with Gasteiger partial charge in [-0.25, -0.2) is 14.6 Å². The van der Waals surface area contributed by atoms with Crippen LogP contribution in [0, 0.1) is 0 Å². The number of imidazole rings is 1. The zero-order chi connectivity index (χ0) is 15.6. The van der Waals surface area contributed by atoms with E-state index in [2.05, 4.69) is 15.1 Å². The predicted molar refractivity (Wildman–Crippen MR) is 82.6 cm³/mol. The van der Waals surface area contributed by atoms with Crippen molar-refractivity contribution in [3.63, 3.8) is 0 Å². The molecule has 1 N–H and O–H groups in total. The Balaban J connectivity index is 2.01. The van der Waals surface area contributed by atoms with Crippen molar-refractivity contribution in [2.75, 3.05) is 0 Å². The Bertz CT molecular complexity index is 706. The van der Waals surface area contributed by atoms with Gasteiger partial charge in [-0.15, -0.1) is 0 Å². The van der Waals surface area contributed by atoms with Gasteiger partial charge in [0.15, 0.2) is 0 Å². The highest BCUT2D eigenvalue weighted by Crippen LogP contribution is 2.33. The van der Waals surface area contributed by atoms with E-state index < -0.39 is 5.60 Å². The third-order valence-electron chi connectivity index (χ3n) is 3.33. The number of benzene rings is 1. The molecule has 0 saturated carbocycles. The number of nitrogens with zero attached hydrogens (tertiary/aromatic N) is 5. The zero-order valence-electron chi connectivity index (χ0n) is 11.5. The molecule has 0 aliphatic rings. The van der Waals surface area contributed by atoms with E-state index in [1.165, 1.54) is 6.33 Å². The van der Waals surface area contributed by atoms with Crippen LogP contribution in [-0.2, 0) is 18.7 Å². The molecule has 6 nitrogen and oxygen atoms in total. The molecule has 1 atom stereocenters. The van der Waals surface area contributed by atoms with E-state index in [0.29, 0.717) is 15.6 Å². The molecule has 114 valence electrons. The van der Waals surface area contributed by atoms with E-state index in [4.69, 9.17) is 23.2 Å². The van der Waals surface area contributed by atoms with Crippen molar-refractivity contribution in [2.24, 2.45) is 0 Å². The summed E-state index contributed by atoms with van der Waals surface area (Å²) in [7, 11) is 0. The molecule has 1 aromatic carbocycles. The Labute approximate surface area is 137 Å². The molecule has 0 radical (unpaired) electrons. The molecule has 8 heteroatoms. The summed E-state index contributed by atoms with van der Waals surface area (Å²) < 4.78 is 3.34. The monoisotopic (exact) mass is 337 g/mol. The Morgan fingerprint density at radius 1 is 1.14 bits per heavy atom. The highest BCUT2D eigenvalue weighted by Gasteiger charge is 2.33. The molecular formula is C14H13Cl2N5O. The van der Waals surface area contributed by atoms with Gasteiger partial charge in [-0.05, 0) is 12.1 Å². The fourth-order valence-corrected chi connectivity index (χ4v) is 2.94. The van der Waals surface area contributed by atoms with Crippen molar-refractivity contribution in [1.29, 1.82) is 0 Å². The minimum Gasteiger partial charge on any atom is -0.381 e. The van der Waals surface area contributed by atoms with Gasteiger partial charge >= 0.3 is 0 Å². The second kappa shape index (κ2) is 6.08. The maximum atomic E-state index is 11.2. The average molecular weight is 338 g/mol. The molecule has 0 spiro atoms. The maximum absolute atomic E-state index is 11.2. The van der Waals surface area contributed by atoms with Crippen molar-refractivity contribution in [3.8, 4) is 0 Å². The molecule has 0 aliphatic carbocycles. The summed E-state index contributed by atoms with van der Waals surface area (Å²) >= 11 is 12.2. The number of hydrogen-bond acceptors (Lipinski definition) is 4. The summed E-state index contributed by atoms with van der Waals surface area (Å²) in [6, 6.07) is 5.03. The average Bonchev–Trinajstić information content (AvgIpc) is 3.12.